The molecule has 2 unspecified atom stereocenters. The number of halogens is 1. The summed E-state index contributed by atoms with van der Waals surface area (Å²) in [5.41, 5.74) is 2.32. The first kappa shape index (κ1) is 13.8. The number of hydrogen-bond donors (Lipinski definition) is 1. The molecular weight excluding hydrogens is 296 g/mol. The van der Waals surface area contributed by atoms with E-state index in [1.54, 1.807) is 0 Å². The van der Waals surface area contributed by atoms with Crippen molar-refractivity contribution in [3.8, 4) is 0 Å². The van der Waals surface area contributed by atoms with Crippen molar-refractivity contribution in [2.45, 2.75) is 12.6 Å². The number of rotatable bonds is 1. The first-order valence-corrected chi connectivity index (χ1v) is 7.93. The Morgan fingerprint density at radius 3 is 2.68 bits per heavy atom. The molecule has 1 N–H and O–H groups in total. The van der Waals surface area contributed by atoms with Gasteiger partial charge in [0.2, 0.25) is 0 Å². The van der Waals surface area contributed by atoms with Gasteiger partial charge in [0.15, 0.2) is 0 Å². The monoisotopic (exact) mass is 312 g/mol. The second kappa shape index (κ2) is 4.83. The third kappa shape index (κ3) is 1.76. The smallest absolute Gasteiger partial charge is 0.256 e. The van der Waals surface area contributed by atoms with E-state index in [2.05, 4.69) is 12.2 Å². The standard InChI is InChI=1S/C18H17ClN2O/c1-12-10-20-18(13-6-8-14(19)9-7-13)16-5-3-2-4-15(16)17(22)21(18)11-12/h2-9,12,20H,10-11H2,1H3. The van der Waals surface area contributed by atoms with E-state index >= 15 is 0 Å². The summed E-state index contributed by atoms with van der Waals surface area (Å²) in [6.45, 7) is 3.79. The van der Waals surface area contributed by atoms with Gasteiger partial charge in [0.1, 0.15) is 5.66 Å². The summed E-state index contributed by atoms with van der Waals surface area (Å²) in [7, 11) is 0. The van der Waals surface area contributed by atoms with E-state index < -0.39 is 5.66 Å². The van der Waals surface area contributed by atoms with Crippen molar-refractivity contribution in [2.75, 3.05) is 13.1 Å². The maximum atomic E-state index is 12.9. The number of benzene rings is 2. The zero-order valence-corrected chi connectivity index (χ0v) is 13.1. The number of fused-ring (bicyclic) bond motifs is 3. The lowest BCUT2D eigenvalue weighted by Gasteiger charge is -2.46. The van der Waals surface area contributed by atoms with Crippen LogP contribution in [0.25, 0.3) is 0 Å². The average molecular weight is 313 g/mol. The molecule has 0 radical (unpaired) electrons. The van der Waals surface area contributed by atoms with Crippen molar-refractivity contribution in [1.82, 2.24) is 10.2 Å². The van der Waals surface area contributed by atoms with Crippen molar-refractivity contribution < 1.29 is 4.79 Å². The van der Waals surface area contributed by atoms with Gasteiger partial charge in [0.05, 0.1) is 0 Å². The van der Waals surface area contributed by atoms with Crippen molar-refractivity contribution in [3.63, 3.8) is 0 Å². The first-order chi connectivity index (χ1) is 10.6. The highest BCUT2D eigenvalue weighted by Crippen LogP contribution is 2.44. The van der Waals surface area contributed by atoms with Gasteiger partial charge in [-0.2, -0.15) is 0 Å². The maximum Gasteiger partial charge on any atom is 0.256 e. The second-order valence-corrected chi connectivity index (χ2v) is 6.60. The van der Waals surface area contributed by atoms with Crippen molar-refractivity contribution in [1.29, 1.82) is 0 Å². The molecule has 4 rings (SSSR count). The van der Waals surface area contributed by atoms with Crippen molar-refractivity contribution in [3.05, 3.63) is 70.2 Å². The van der Waals surface area contributed by atoms with E-state index in [1.807, 2.05) is 53.4 Å². The van der Waals surface area contributed by atoms with Gasteiger partial charge >= 0.3 is 0 Å². The van der Waals surface area contributed by atoms with E-state index in [1.165, 1.54) is 0 Å². The summed E-state index contributed by atoms with van der Waals surface area (Å²) in [5.74, 6) is 0.531. The molecule has 22 heavy (non-hydrogen) atoms. The SMILES string of the molecule is CC1CNC2(c3ccc(Cl)cc3)c3ccccc3C(=O)N2C1. The summed E-state index contributed by atoms with van der Waals surface area (Å²) >= 11 is 6.04. The average Bonchev–Trinajstić information content (AvgIpc) is 2.79. The molecule has 2 aromatic rings. The van der Waals surface area contributed by atoms with E-state index in [9.17, 15) is 4.79 Å². The molecule has 2 heterocycles. The lowest BCUT2D eigenvalue weighted by molar-refractivity contribution is 0.0351. The molecule has 1 fully saturated rings. The summed E-state index contributed by atoms with van der Waals surface area (Å²) in [6.07, 6.45) is 0. The van der Waals surface area contributed by atoms with Crippen LogP contribution in [0.3, 0.4) is 0 Å². The van der Waals surface area contributed by atoms with Crippen LogP contribution in [0.2, 0.25) is 5.02 Å². The molecule has 2 aliphatic rings. The van der Waals surface area contributed by atoms with Gasteiger partial charge in [-0.05, 0) is 29.7 Å². The Bertz CT molecular complexity index is 743. The largest absolute Gasteiger partial charge is 0.312 e. The number of carbonyl (C=O) groups is 1. The van der Waals surface area contributed by atoms with Crippen LogP contribution >= 0.6 is 11.6 Å². The molecule has 112 valence electrons. The Balaban J connectivity index is 1.96. The minimum absolute atomic E-state index is 0.101. The molecule has 0 spiro atoms. The van der Waals surface area contributed by atoms with Crippen molar-refractivity contribution >= 4 is 17.5 Å². The summed E-state index contributed by atoms with van der Waals surface area (Å²) in [5, 5.41) is 4.33. The topological polar surface area (TPSA) is 32.3 Å². The maximum absolute atomic E-state index is 12.9. The van der Waals surface area contributed by atoms with Gasteiger partial charge in [-0.3, -0.25) is 10.1 Å². The third-order valence-electron chi connectivity index (χ3n) is 4.66. The zero-order chi connectivity index (χ0) is 15.3. The van der Waals surface area contributed by atoms with Crippen LogP contribution in [0.4, 0.5) is 0 Å². The van der Waals surface area contributed by atoms with Gasteiger partial charge in [-0.1, -0.05) is 48.9 Å². The third-order valence-corrected chi connectivity index (χ3v) is 4.91. The van der Waals surface area contributed by atoms with Gasteiger partial charge in [0.25, 0.3) is 5.91 Å². The fraction of sp³-hybridized carbons (Fsp3) is 0.278. The molecular formula is C18H17ClN2O. The number of nitrogens with one attached hydrogen (secondary N) is 1. The fourth-order valence-corrected chi connectivity index (χ4v) is 3.77. The Kier molecular flexibility index (Phi) is 3.03. The molecule has 3 nitrogen and oxygen atoms in total. The molecule has 0 bridgehead atoms. The van der Waals surface area contributed by atoms with Crippen LogP contribution in [0.15, 0.2) is 48.5 Å². The highest BCUT2D eigenvalue weighted by Gasteiger charge is 2.52. The second-order valence-electron chi connectivity index (χ2n) is 6.16. The minimum Gasteiger partial charge on any atom is -0.312 e. The molecule has 1 amide bonds. The van der Waals surface area contributed by atoms with Crippen LogP contribution in [0.1, 0.15) is 28.4 Å². The van der Waals surface area contributed by atoms with E-state index in [0.717, 1.165) is 29.8 Å². The lowest BCUT2D eigenvalue weighted by Crippen LogP contribution is -2.61. The van der Waals surface area contributed by atoms with E-state index in [4.69, 9.17) is 11.6 Å². The molecule has 0 aliphatic carbocycles. The van der Waals surface area contributed by atoms with Crippen LogP contribution in [0.5, 0.6) is 0 Å². The van der Waals surface area contributed by atoms with E-state index in [-0.39, 0.29) is 5.91 Å². The van der Waals surface area contributed by atoms with Crippen LogP contribution < -0.4 is 5.32 Å². The van der Waals surface area contributed by atoms with Gasteiger partial charge in [-0.25, -0.2) is 0 Å². The minimum atomic E-state index is -0.565. The van der Waals surface area contributed by atoms with Gasteiger partial charge < -0.3 is 4.90 Å². The first-order valence-electron chi connectivity index (χ1n) is 7.55. The Labute approximate surface area is 134 Å². The summed E-state index contributed by atoms with van der Waals surface area (Å²) < 4.78 is 0. The van der Waals surface area contributed by atoms with Crippen LogP contribution in [0, 0.1) is 5.92 Å². The quantitative estimate of drug-likeness (QED) is 0.877. The van der Waals surface area contributed by atoms with Crippen LogP contribution in [-0.4, -0.2) is 23.9 Å². The van der Waals surface area contributed by atoms with Gasteiger partial charge in [0, 0.05) is 29.2 Å². The highest BCUT2D eigenvalue weighted by atomic mass is 35.5. The zero-order valence-electron chi connectivity index (χ0n) is 12.3. The number of hydrogen-bond acceptors (Lipinski definition) is 2. The molecule has 2 aromatic carbocycles. The molecule has 0 aromatic heterocycles. The predicted molar refractivity (Wildman–Crippen MR) is 86.9 cm³/mol. The number of carbonyl (C=O) groups excluding carboxylic acids is 1. The number of nitrogens with zero attached hydrogens (tertiary/aromatic N) is 1. The Morgan fingerprint density at radius 1 is 1.18 bits per heavy atom. The molecule has 1 saturated heterocycles. The Hall–Kier alpha value is -1.84. The summed E-state index contributed by atoms with van der Waals surface area (Å²) in [6, 6.07) is 15.7. The number of amides is 1. The molecule has 2 atom stereocenters. The lowest BCUT2D eigenvalue weighted by atomic mass is 9.88. The van der Waals surface area contributed by atoms with Gasteiger partial charge in [-0.15, -0.1) is 0 Å². The molecule has 4 heteroatoms. The highest BCUT2D eigenvalue weighted by molar-refractivity contribution is 6.30. The molecule has 2 aliphatic heterocycles. The predicted octanol–water partition coefficient (Wildman–Crippen LogP) is 3.24. The molecule has 0 saturated carbocycles. The Morgan fingerprint density at radius 2 is 1.91 bits per heavy atom. The summed E-state index contributed by atoms with van der Waals surface area (Å²) in [4.78, 5) is 14.8. The normalized spacial score (nSPS) is 26.7. The van der Waals surface area contributed by atoms with Crippen LogP contribution in [-0.2, 0) is 5.66 Å². The van der Waals surface area contributed by atoms with Crippen molar-refractivity contribution in [2.24, 2.45) is 5.92 Å². The fourth-order valence-electron chi connectivity index (χ4n) is 3.64. The van der Waals surface area contributed by atoms with E-state index in [0.29, 0.717) is 10.9 Å².